The number of hydrogen-bond acceptors (Lipinski definition) is 4. The molecule has 0 saturated carbocycles. The van der Waals surface area contributed by atoms with Crippen molar-refractivity contribution in [2.75, 3.05) is 39.3 Å². The van der Waals surface area contributed by atoms with Crippen molar-refractivity contribution in [1.29, 1.82) is 0 Å². The van der Waals surface area contributed by atoms with Gasteiger partial charge in [0.1, 0.15) is 0 Å². The highest BCUT2D eigenvalue weighted by Gasteiger charge is 2.22. The van der Waals surface area contributed by atoms with Gasteiger partial charge in [-0.15, -0.1) is 0 Å². The van der Waals surface area contributed by atoms with E-state index in [4.69, 9.17) is 0 Å². The molecule has 1 amide bonds. The van der Waals surface area contributed by atoms with Crippen molar-refractivity contribution in [3.05, 3.63) is 28.7 Å². The van der Waals surface area contributed by atoms with Crippen molar-refractivity contribution < 1.29 is 13.2 Å². The number of hydrogen-bond donors (Lipinski definition) is 1. The fraction of sp³-hybridized carbons (Fsp3) is 0.500. The molecule has 0 radical (unpaired) electrons. The second-order valence-corrected chi connectivity index (χ2v) is 7.78. The fourth-order valence-electron chi connectivity index (χ4n) is 2.28. The number of sulfonamides is 1. The predicted octanol–water partition coefficient (Wildman–Crippen LogP) is 0.891. The van der Waals surface area contributed by atoms with E-state index in [2.05, 4.69) is 32.5 Å². The topological polar surface area (TPSA) is 69.7 Å². The lowest BCUT2D eigenvalue weighted by molar-refractivity contribution is -0.131. The fourth-order valence-corrected chi connectivity index (χ4v) is 3.52. The molecule has 8 heteroatoms. The first-order valence-corrected chi connectivity index (χ1v) is 9.45. The molecule has 1 aliphatic heterocycles. The smallest absolute Gasteiger partial charge is 0.241 e. The van der Waals surface area contributed by atoms with Gasteiger partial charge >= 0.3 is 0 Å². The third kappa shape index (κ3) is 4.52. The predicted molar refractivity (Wildman–Crippen MR) is 88.0 cm³/mol. The van der Waals surface area contributed by atoms with Crippen LogP contribution >= 0.6 is 15.9 Å². The molecule has 0 aromatic heterocycles. The Morgan fingerprint density at radius 3 is 2.32 bits per heavy atom. The molecule has 1 aromatic rings. The molecule has 1 aromatic carbocycles. The number of benzene rings is 1. The summed E-state index contributed by atoms with van der Waals surface area (Å²) in [6.07, 6.45) is 0. The van der Waals surface area contributed by atoms with Crippen LogP contribution in [0.1, 0.15) is 6.92 Å². The first-order chi connectivity index (χ1) is 10.4. The molecule has 0 bridgehead atoms. The Labute approximate surface area is 139 Å². The van der Waals surface area contributed by atoms with E-state index in [9.17, 15) is 13.2 Å². The second-order valence-electron chi connectivity index (χ2n) is 5.09. The Bertz CT molecular complexity index is 611. The van der Waals surface area contributed by atoms with Crippen LogP contribution in [-0.4, -0.2) is 63.4 Å². The molecule has 0 atom stereocenters. The van der Waals surface area contributed by atoms with Gasteiger partial charge < -0.3 is 9.80 Å². The maximum absolute atomic E-state index is 12.1. The Kier molecular flexibility index (Phi) is 5.96. The molecular weight excluding hydrogens is 370 g/mol. The summed E-state index contributed by atoms with van der Waals surface area (Å²) in [6, 6.07) is 6.30. The van der Waals surface area contributed by atoms with Crippen LogP contribution in [0.3, 0.4) is 0 Å². The standard InChI is InChI=1S/C14H20BrN3O3S/c1-2-17-7-9-18(10-8-17)14(19)11-16-22(20,21)13-5-3-12(15)4-6-13/h3-6,16H,2,7-11H2,1H3. The Balaban J connectivity index is 1.89. The van der Waals surface area contributed by atoms with E-state index in [0.717, 1.165) is 24.1 Å². The Morgan fingerprint density at radius 1 is 1.18 bits per heavy atom. The summed E-state index contributed by atoms with van der Waals surface area (Å²) in [5, 5.41) is 0. The lowest BCUT2D eigenvalue weighted by Crippen LogP contribution is -2.51. The molecule has 0 unspecified atom stereocenters. The van der Waals surface area contributed by atoms with Gasteiger partial charge in [0.05, 0.1) is 11.4 Å². The minimum atomic E-state index is -3.65. The molecule has 6 nitrogen and oxygen atoms in total. The number of carbonyl (C=O) groups excluding carboxylic acids is 1. The zero-order valence-electron chi connectivity index (χ0n) is 12.5. The molecule has 1 N–H and O–H groups in total. The SMILES string of the molecule is CCN1CCN(C(=O)CNS(=O)(=O)c2ccc(Br)cc2)CC1. The molecule has 122 valence electrons. The normalized spacial score (nSPS) is 16.7. The van der Waals surface area contributed by atoms with Gasteiger partial charge in [-0.2, -0.15) is 0 Å². The van der Waals surface area contributed by atoms with Crippen molar-refractivity contribution in [3.8, 4) is 0 Å². The van der Waals surface area contributed by atoms with Crippen LogP contribution in [-0.2, 0) is 14.8 Å². The number of carbonyl (C=O) groups is 1. The van der Waals surface area contributed by atoms with Gasteiger partial charge in [-0.3, -0.25) is 4.79 Å². The summed E-state index contributed by atoms with van der Waals surface area (Å²) in [5.41, 5.74) is 0. The average molecular weight is 390 g/mol. The second kappa shape index (κ2) is 7.54. The van der Waals surface area contributed by atoms with Crippen molar-refractivity contribution in [2.45, 2.75) is 11.8 Å². The number of amides is 1. The summed E-state index contributed by atoms with van der Waals surface area (Å²) in [4.78, 5) is 16.2. The van der Waals surface area contributed by atoms with E-state index in [0.29, 0.717) is 13.1 Å². The monoisotopic (exact) mass is 389 g/mol. The zero-order valence-corrected chi connectivity index (χ0v) is 14.9. The van der Waals surface area contributed by atoms with Gasteiger partial charge in [-0.05, 0) is 30.8 Å². The van der Waals surface area contributed by atoms with Crippen LogP contribution in [0.25, 0.3) is 0 Å². The third-order valence-electron chi connectivity index (χ3n) is 3.71. The number of piperazine rings is 1. The van der Waals surface area contributed by atoms with Gasteiger partial charge in [0.2, 0.25) is 15.9 Å². The van der Waals surface area contributed by atoms with Crippen LogP contribution in [0.15, 0.2) is 33.6 Å². The van der Waals surface area contributed by atoms with Crippen LogP contribution in [0, 0.1) is 0 Å². The molecule has 2 rings (SSSR count). The summed E-state index contributed by atoms with van der Waals surface area (Å²) in [7, 11) is -3.65. The van der Waals surface area contributed by atoms with Gasteiger partial charge in [-0.1, -0.05) is 22.9 Å². The quantitative estimate of drug-likeness (QED) is 0.811. The summed E-state index contributed by atoms with van der Waals surface area (Å²) < 4.78 is 27.4. The van der Waals surface area contributed by atoms with E-state index in [-0.39, 0.29) is 17.3 Å². The first kappa shape index (κ1) is 17.4. The molecule has 0 aliphatic carbocycles. The van der Waals surface area contributed by atoms with E-state index in [1.54, 1.807) is 17.0 Å². The number of nitrogens with zero attached hydrogens (tertiary/aromatic N) is 2. The number of nitrogens with one attached hydrogen (secondary N) is 1. The van der Waals surface area contributed by atoms with Crippen molar-refractivity contribution in [3.63, 3.8) is 0 Å². The van der Waals surface area contributed by atoms with Crippen LogP contribution in [0.2, 0.25) is 0 Å². The average Bonchev–Trinajstić information content (AvgIpc) is 2.53. The van der Waals surface area contributed by atoms with Crippen molar-refractivity contribution in [1.82, 2.24) is 14.5 Å². The lowest BCUT2D eigenvalue weighted by atomic mass is 10.3. The highest BCUT2D eigenvalue weighted by Crippen LogP contribution is 2.14. The maximum Gasteiger partial charge on any atom is 0.241 e. The lowest BCUT2D eigenvalue weighted by Gasteiger charge is -2.34. The molecular formula is C14H20BrN3O3S. The van der Waals surface area contributed by atoms with Crippen LogP contribution in [0.4, 0.5) is 0 Å². The molecule has 0 spiro atoms. The van der Waals surface area contributed by atoms with E-state index >= 15 is 0 Å². The van der Waals surface area contributed by atoms with Crippen molar-refractivity contribution in [2.24, 2.45) is 0 Å². The van der Waals surface area contributed by atoms with Crippen LogP contribution < -0.4 is 4.72 Å². The molecule has 1 saturated heterocycles. The number of rotatable bonds is 5. The van der Waals surface area contributed by atoms with Gasteiger partial charge in [0.25, 0.3) is 0 Å². The third-order valence-corrected chi connectivity index (χ3v) is 5.66. The largest absolute Gasteiger partial charge is 0.339 e. The van der Waals surface area contributed by atoms with E-state index in [1.165, 1.54) is 12.1 Å². The Morgan fingerprint density at radius 2 is 1.77 bits per heavy atom. The molecule has 1 heterocycles. The Hall–Kier alpha value is -0.960. The summed E-state index contributed by atoms with van der Waals surface area (Å²) >= 11 is 3.26. The van der Waals surface area contributed by atoms with Gasteiger partial charge in [0.15, 0.2) is 0 Å². The maximum atomic E-state index is 12.1. The van der Waals surface area contributed by atoms with E-state index in [1.807, 2.05) is 0 Å². The number of halogens is 1. The number of likely N-dealkylation sites (N-methyl/N-ethyl adjacent to an activating group) is 1. The van der Waals surface area contributed by atoms with Gasteiger partial charge in [-0.25, -0.2) is 13.1 Å². The highest BCUT2D eigenvalue weighted by molar-refractivity contribution is 9.10. The zero-order chi connectivity index (χ0) is 16.2. The van der Waals surface area contributed by atoms with Crippen molar-refractivity contribution >= 4 is 31.9 Å². The molecule has 1 aliphatic rings. The van der Waals surface area contributed by atoms with E-state index < -0.39 is 10.0 Å². The van der Waals surface area contributed by atoms with Gasteiger partial charge in [0, 0.05) is 30.7 Å². The summed E-state index contributed by atoms with van der Waals surface area (Å²) in [5.74, 6) is -0.184. The first-order valence-electron chi connectivity index (χ1n) is 7.18. The minimum Gasteiger partial charge on any atom is -0.339 e. The van der Waals surface area contributed by atoms with Crippen LogP contribution in [0.5, 0.6) is 0 Å². The molecule has 22 heavy (non-hydrogen) atoms. The minimum absolute atomic E-state index is 0.152. The summed E-state index contributed by atoms with van der Waals surface area (Å²) in [6.45, 7) is 5.81. The molecule has 1 fully saturated rings. The highest BCUT2D eigenvalue weighted by atomic mass is 79.9.